The second-order valence-corrected chi connectivity index (χ2v) is 5.69. The summed E-state index contributed by atoms with van der Waals surface area (Å²) in [5.41, 5.74) is 0. The summed E-state index contributed by atoms with van der Waals surface area (Å²) in [4.78, 5) is 16.8. The van der Waals surface area contributed by atoms with Gasteiger partial charge in [-0.2, -0.15) is 0 Å². The van der Waals surface area contributed by atoms with Crippen molar-refractivity contribution in [2.75, 3.05) is 33.2 Å². The Hall–Kier alpha value is -0.410. The Morgan fingerprint density at radius 3 is 2.53 bits per heavy atom. The Bertz CT molecular complexity index is 259. The molecule has 2 aliphatic heterocycles. The van der Waals surface area contributed by atoms with Gasteiger partial charge in [0.05, 0.1) is 0 Å². The number of ketones is 1. The van der Waals surface area contributed by atoms with E-state index in [0.717, 1.165) is 19.0 Å². The molecule has 0 spiro atoms. The molecule has 2 heterocycles. The first kappa shape index (κ1) is 13.0. The highest BCUT2D eigenvalue weighted by Gasteiger charge is 2.30. The summed E-state index contributed by atoms with van der Waals surface area (Å²) in [7, 11) is 2.20. The molecule has 0 aromatic carbocycles. The molecule has 2 aliphatic rings. The first-order valence-corrected chi connectivity index (χ1v) is 7.16. The maximum absolute atomic E-state index is 11.8. The van der Waals surface area contributed by atoms with E-state index < -0.39 is 0 Å². The molecule has 1 atom stereocenters. The van der Waals surface area contributed by atoms with Crippen LogP contribution in [0.4, 0.5) is 0 Å². The molecule has 3 nitrogen and oxygen atoms in total. The zero-order valence-corrected chi connectivity index (χ0v) is 11.3. The van der Waals surface area contributed by atoms with E-state index in [1.165, 1.54) is 38.9 Å². The second-order valence-electron chi connectivity index (χ2n) is 5.69. The van der Waals surface area contributed by atoms with Crippen LogP contribution in [0.1, 0.15) is 39.0 Å². The Kier molecular flexibility index (Phi) is 4.57. The summed E-state index contributed by atoms with van der Waals surface area (Å²) in [5, 5.41) is 0. The van der Waals surface area contributed by atoms with E-state index in [-0.39, 0.29) is 0 Å². The number of rotatable bonds is 3. The molecule has 3 heteroatoms. The van der Waals surface area contributed by atoms with Crippen LogP contribution in [0, 0.1) is 5.92 Å². The van der Waals surface area contributed by atoms with E-state index in [0.29, 0.717) is 18.1 Å². The zero-order chi connectivity index (χ0) is 12.3. The maximum atomic E-state index is 11.8. The number of hydrogen-bond donors (Lipinski definition) is 0. The van der Waals surface area contributed by atoms with Gasteiger partial charge in [0.1, 0.15) is 5.78 Å². The van der Waals surface area contributed by atoms with Crippen LogP contribution in [0.15, 0.2) is 0 Å². The van der Waals surface area contributed by atoms with Gasteiger partial charge in [-0.3, -0.25) is 9.69 Å². The summed E-state index contributed by atoms with van der Waals surface area (Å²) in [6.07, 6.45) is 5.61. The lowest BCUT2D eigenvalue weighted by Crippen LogP contribution is -2.48. The molecule has 2 rings (SSSR count). The van der Waals surface area contributed by atoms with Crippen molar-refractivity contribution in [3.05, 3.63) is 0 Å². The lowest BCUT2D eigenvalue weighted by Gasteiger charge is -2.41. The third-order valence-corrected chi connectivity index (χ3v) is 4.46. The largest absolute Gasteiger partial charge is 0.306 e. The second kappa shape index (κ2) is 5.96. The molecule has 0 saturated carbocycles. The number of likely N-dealkylation sites (tertiary alicyclic amines) is 2. The number of carbonyl (C=O) groups excluding carboxylic acids is 1. The molecule has 98 valence electrons. The predicted octanol–water partition coefficient (Wildman–Crippen LogP) is 1.77. The molecule has 0 aromatic rings. The summed E-state index contributed by atoms with van der Waals surface area (Å²) in [6.45, 7) is 6.67. The quantitative estimate of drug-likeness (QED) is 0.748. The van der Waals surface area contributed by atoms with Crippen LogP contribution in [-0.4, -0.2) is 54.9 Å². The molecular weight excluding hydrogens is 212 g/mol. The highest BCUT2D eigenvalue weighted by molar-refractivity contribution is 5.80. The van der Waals surface area contributed by atoms with Gasteiger partial charge < -0.3 is 4.90 Å². The van der Waals surface area contributed by atoms with Gasteiger partial charge in [0.15, 0.2) is 0 Å². The molecule has 2 saturated heterocycles. The monoisotopic (exact) mass is 238 g/mol. The fourth-order valence-electron chi connectivity index (χ4n) is 3.25. The van der Waals surface area contributed by atoms with Crippen LogP contribution < -0.4 is 0 Å². The van der Waals surface area contributed by atoms with Gasteiger partial charge in [-0.1, -0.05) is 6.92 Å². The molecule has 0 amide bonds. The molecule has 0 aliphatic carbocycles. The van der Waals surface area contributed by atoms with E-state index in [9.17, 15) is 4.79 Å². The van der Waals surface area contributed by atoms with E-state index in [1.54, 1.807) is 0 Å². The van der Waals surface area contributed by atoms with Gasteiger partial charge in [-0.25, -0.2) is 0 Å². The Labute approximate surface area is 105 Å². The third kappa shape index (κ3) is 3.29. The van der Waals surface area contributed by atoms with Gasteiger partial charge in [-0.15, -0.1) is 0 Å². The molecule has 2 fully saturated rings. The lowest BCUT2D eigenvalue weighted by molar-refractivity contribution is -0.124. The minimum Gasteiger partial charge on any atom is -0.306 e. The summed E-state index contributed by atoms with van der Waals surface area (Å²) < 4.78 is 0. The average molecular weight is 238 g/mol. The number of piperidine rings is 2. The Morgan fingerprint density at radius 1 is 1.18 bits per heavy atom. The standard InChI is InChI=1S/C14H26N2O/c1-3-14(17)12-5-4-8-16(11-12)13-6-9-15(2)10-7-13/h12-13H,3-11H2,1-2H3. The zero-order valence-electron chi connectivity index (χ0n) is 11.3. The lowest BCUT2D eigenvalue weighted by atomic mass is 9.90. The SMILES string of the molecule is CCC(=O)C1CCCN(C2CCN(C)CC2)C1. The molecule has 0 N–H and O–H groups in total. The van der Waals surface area contributed by atoms with Gasteiger partial charge in [0.25, 0.3) is 0 Å². The van der Waals surface area contributed by atoms with E-state index in [2.05, 4.69) is 16.8 Å². The smallest absolute Gasteiger partial charge is 0.136 e. The Balaban J connectivity index is 1.86. The predicted molar refractivity (Wildman–Crippen MR) is 70.1 cm³/mol. The first-order valence-electron chi connectivity index (χ1n) is 7.16. The third-order valence-electron chi connectivity index (χ3n) is 4.46. The molecular formula is C14H26N2O. The van der Waals surface area contributed by atoms with E-state index in [1.807, 2.05) is 6.92 Å². The Morgan fingerprint density at radius 2 is 1.88 bits per heavy atom. The normalized spacial score (nSPS) is 29.4. The average Bonchev–Trinajstić information content (AvgIpc) is 2.39. The van der Waals surface area contributed by atoms with Crippen molar-refractivity contribution in [1.29, 1.82) is 0 Å². The van der Waals surface area contributed by atoms with Gasteiger partial charge in [0, 0.05) is 24.9 Å². The van der Waals surface area contributed by atoms with Crippen LogP contribution >= 0.6 is 0 Å². The van der Waals surface area contributed by atoms with E-state index >= 15 is 0 Å². The summed E-state index contributed by atoms with van der Waals surface area (Å²) in [5.74, 6) is 0.802. The number of hydrogen-bond acceptors (Lipinski definition) is 3. The molecule has 0 aromatic heterocycles. The van der Waals surface area contributed by atoms with Crippen LogP contribution in [0.3, 0.4) is 0 Å². The molecule has 1 unspecified atom stereocenters. The minimum absolute atomic E-state index is 0.327. The highest BCUT2D eigenvalue weighted by atomic mass is 16.1. The molecule has 0 radical (unpaired) electrons. The number of nitrogens with zero attached hydrogens (tertiary/aromatic N) is 2. The van der Waals surface area contributed by atoms with Gasteiger partial charge >= 0.3 is 0 Å². The van der Waals surface area contributed by atoms with Crippen molar-refractivity contribution in [3.63, 3.8) is 0 Å². The van der Waals surface area contributed by atoms with Crippen molar-refractivity contribution in [3.8, 4) is 0 Å². The van der Waals surface area contributed by atoms with Crippen LogP contribution in [0.2, 0.25) is 0 Å². The van der Waals surface area contributed by atoms with Gasteiger partial charge in [-0.05, 0) is 52.4 Å². The van der Waals surface area contributed by atoms with Crippen LogP contribution in [-0.2, 0) is 4.79 Å². The molecule has 17 heavy (non-hydrogen) atoms. The minimum atomic E-state index is 0.327. The summed E-state index contributed by atoms with van der Waals surface area (Å²) in [6, 6.07) is 0.735. The number of carbonyl (C=O) groups is 1. The van der Waals surface area contributed by atoms with Crippen molar-refractivity contribution < 1.29 is 4.79 Å². The van der Waals surface area contributed by atoms with Crippen molar-refractivity contribution in [1.82, 2.24) is 9.80 Å². The van der Waals surface area contributed by atoms with E-state index in [4.69, 9.17) is 0 Å². The van der Waals surface area contributed by atoms with Gasteiger partial charge in [0.2, 0.25) is 0 Å². The topological polar surface area (TPSA) is 23.6 Å². The molecule has 0 bridgehead atoms. The van der Waals surface area contributed by atoms with Crippen molar-refractivity contribution in [2.24, 2.45) is 5.92 Å². The van der Waals surface area contributed by atoms with Crippen molar-refractivity contribution >= 4 is 5.78 Å². The fraction of sp³-hybridized carbons (Fsp3) is 0.929. The maximum Gasteiger partial charge on any atom is 0.136 e. The van der Waals surface area contributed by atoms with Crippen LogP contribution in [0.25, 0.3) is 0 Å². The highest BCUT2D eigenvalue weighted by Crippen LogP contribution is 2.24. The van der Waals surface area contributed by atoms with Crippen LogP contribution in [0.5, 0.6) is 0 Å². The number of Topliss-reactive ketones (excluding diaryl/α,β-unsaturated/α-hetero) is 1. The van der Waals surface area contributed by atoms with Crippen molar-refractivity contribution in [2.45, 2.75) is 45.1 Å². The fourth-order valence-corrected chi connectivity index (χ4v) is 3.25. The summed E-state index contributed by atoms with van der Waals surface area (Å²) >= 11 is 0. The first-order chi connectivity index (χ1) is 8.20.